The van der Waals surface area contributed by atoms with Crippen LogP contribution < -0.4 is 4.72 Å². The van der Waals surface area contributed by atoms with Crippen LogP contribution in [0.2, 0.25) is 0 Å². The number of likely N-dealkylation sites (N-methyl/N-ethyl adjacent to an activating group) is 1. The first kappa shape index (κ1) is 27.6. The van der Waals surface area contributed by atoms with Crippen LogP contribution in [-0.2, 0) is 16.2 Å². The fourth-order valence-electron chi connectivity index (χ4n) is 3.32. The summed E-state index contributed by atoms with van der Waals surface area (Å²) in [5.41, 5.74) is -0.968. The van der Waals surface area contributed by atoms with Crippen LogP contribution in [0.1, 0.15) is 28.3 Å². The lowest BCUT2D eigenvalue weighted by atomic mass is 10.1. The first-order valence-corrected chi connectivity index (χ1v) is 13.3. The van der Waals surface area contributed by atoms with E-state index in [4.69, 9.17) is 0 Å². The van der Waals surface area contributed by atoms with Crippen molar-refractivity contribution in [1.29, 1.82) is 0 Å². The second-order valence-corrected chi connectivity index (χ2v) is 11.4. The zero-order valence-corrected chi connectivity index (χ0v) is 21.6. The highest BCUT2D eigenvalue weighted by Gasteiger charge is 2.30. The van der Waals surface area contributed by atoms with E-state index in [2.05, 4.69) is 26.6 Å². The number of fused-ring (bicyclic) bond motifs is 1. The molecular weight excluding hydrogens is 549 g/mol. The van der Waals surface area contributed by atoms with Crippen LogP contribution in [0.3, 0.4) is 0 Å². The van der Waals surface area contributed by atoms with Crippen molar-refractivity contribution in [2.24, 2.45) is 0 Å². The number of sulfonamides is 1. The molecule has 0 unspecified atom stereocenters. The van der Waals surface area contributed by atoms with Gasteiger partial charge in [-0.3, -0.25) is 0 Å². The first-order valence-electron chi connectivity index (χ1n) is 11.0. The molecule has 3 heterocycles. The molecule has 0 amide bonds. The first-order chi connectivity index (χ1) is 17.8. The molecule has 0 saturated carbocycles. The van der Waals surface area contributed by atoms with Gasteiger partial charge < -0.3 is 4.90 Å². The number of benzene rings is 1. The summed E-state index contributed by atoms with van der Waals surface area (Å²) in [7, 11) is -0.0548. The zero-order chi connectivity index (χ0) is 27.7. The van der Waals surface area contributed by atoms with Crippen molar-refractivity contribution >= 4 is 27.0 Å². The Labute approximate surface area is 219 Å². The molecule has 0 spiro atoms. The molecule has 4 rings (SSSR count). The van der Waals surface area contributed by atoms with Crippen molar-refractivity contribution in [1.82, 2.24) is 24.2 Å². The minimum atomic E-state index is -4.53. The number of aromatic nitrogens is 3. The molecule has 3 aromatic heterocycles. The lowest BCUT2D eigenvalue weighted by molar-refractivity contribution is -0.137. The Morgan fingerprint density at radius 1 is 1.08 bits per heavy atom. The molecule has 0 bridgehead atoms. The van der Waals surface area contributed by atoms with Crippen molar-refractivity contribution in [2.75, 3.05) is 27.2 Å². The molecule has 1 aromatic carbocycles. The van der Waals surface area contributed by atoms with Crippen LogP contribution in [0.4, 0.5) is 22.0 Å². The molecule has 38 heavy (non-hydrogen) atoms. The Morgan fingerprint density at radius 2 is 1.79 bits per heavy atom. The Balaban J connectivity index is 1.61. The highest BCUT2D eigenvalue weighted by molar-refractivity contribution is 7.91. The van der Waals surface area contributed by atoms with Gasteiger partial charge in [-0.25, -0.2) is 31.4 Å². The van der Waals surface area contributed by atoms with E-state index >= 15 is 0 Å². The predicted octanol–water partition coefficient (Wildman–Crippen LogP) is 4.65. The van der Waals surface area contributed by atoms with E-state index in [-0.39, 0.29) is 33.4 Å². The molecule has 0 fully saturated rings. The third kappa shape index (κ3) is 6.36. The third-order valence-corrected chi connectivity index (χ3v) is 8.15. The van der Waals surface area contributed by atoms with Gasteiger partial charge in [0.15, 0.2) is 5.65 Å². The highest BCUT2D eigenvalue weighted by Crippen LogP contribution is 2.32. The van der Waals surface area contributed by atoms with Gasteiger partial charge in [0, 0.05) is 24.7 Å². The number of halogens is 5. The maximum Gasteiger partial charge on any atom is 0.416 e. The lowest BCUT2D eigenvalue weighted by Gasteiger charge is -2.09. The quantitative estimate of drug-likeness (QED) is 0.259. The van der Waals surface area contributed by atoms with E-state index in [1.54, 1.807) is 0 Å². The van der Waals surface area contributed by atoms with E-state index in [1.165, 1.54) is 18.2 Å². The Kier molecular flexibility index (Phi) is 7.84. The molecule has 1 N–H and O–H groups in total. The van der Waals surface area contributed by atoms with Gasteiger partial charge in [-0.15, -0.1) is 11.3 Å². The van der Waals surface area contributed by atoms with Gasteiger partial charge >= 0.3 is 6.18 Å². The SMILES string of the molecule is CN(C)CCNS(=O)(=O)c1ccc(C#Cc2cc3nc(-c4ccc(C(F)(F)F)cc4)cc(C(F)F)n3n2)s1. The molecule has 0 aliphatic rings. The van der Waals surface area contributed by atoms with Crippen LogP contribution >= 0.6 is 11.3 Å². The largest absolute Gasteiger partial charge is 0.416 e. The summed E-state index contributed by atoms with van der Waals surface area (Å²) < 4.78 is 94.5. The molecular formula is C24H20F5N5O2S2. The fraction of sp³-hybridized carbons (Fsp3) is 0.250. The number of nitrogens with zero attached hydrogens (tertiary/aromatic N) is 4. The van der Waals surface area contributed by atoms with Crippen molar-refractivity contribution in [2.45, 2.75) is 16.8 Å². The van der Waals surface area contributed by atoms with Gasteiger partial charge in [0.05, 0.1) is 16.1 Å². The van der Waals surface area contributed by atoms with E-state index in [0.717, 1.165) is 46.2 Å². The summed E-state index contributed by atoms with van der Waals surface area (Å²) in [4.78, 5) is 6.52. The molecule has 0 saturated heterocycles. The highest BCUT2D eigenvalue weighted by atomic mass is 32.2. The van der Waals surface area contributed by atoms with Crippen molar-refractivity contribution in [3.05, 3.63) is 70.4 Å². The van der Waals surface area contributed by atoms with E-state index in [9.17, 15) is 30.4 Å². The maximum atomic E-state index is 13.8. The number of hydrogen-bond acceptors (Lipinski definition) is 6. The van der Waals surface area contributed by atoms with Crippen molar-refractivity contribution in [3.8, 4) is 23.1 Å². The van der Waals surface area contributed by atoms with E-state index < -0.39 is 33.9 Å². The van der Waals surface area contributed by atoms with Gasteiger partial charge in [-0.05, 0) is 56.3 Å². The molecule has 4 aromatic rings. The topological polar surface area (TPSA) is 79.6 Å². The smallest absolute Gasteiger partial charge is 0.308 e. The average molecular weight is 570 g/mol. The number of nitrogens with one attached hydrogen (secondary N) is 1. The molecule has 0 aliphatic carbocycles. The van der Waals surface area contributed by atoms with E-state index in [1.807, 2.05) is 19.0 Å². The zero-order valence-electron chi connectivity index (χ0n) is 19.9. The summed E-state index contributed by atoms with van der Waals surface area (Å²) in [6, 6.07) is 9.39. The number of thiophene rings is 1. The fourth-order valence-corrected chi connectivity index (χ4v) is 5.55. The number of rotatable bonds is 7. The monoisotopic (exact) mass is 569 g/mol. The summed E-state index contributed by atoms with van der Waals surface area (Å²) in [5.74, 6) is 5.49. The summed E-state index contributed by atoms with van der Waals surface area (Å²) in [6.07, 6.45) is -7.47. The van der Waals surface area contributed by atoms with Crippen molar-refractivity contribution in [3.63, 3.8) is 0 Å². The Hall–Kier alpha value is -3.38. The minimum Gasteiger partial charge on any atom is -0.308 e. The van der Waals surface area contributed by atoms with Crippen LogP contribution in [0.5, 0.6) is 0 Å². The maximum absolute atomic E-state index is 13.8. The van der Waals surface area contributed by atoms with Crippen molar-refractivity contribution < 1.29 is 30.4 Å². The summed E-state index contributed by atoms with van der Waals surface area (Å²) in [5, 5.41) is 4.06. The second-order valence-electron chi connectivity index (χ2n) is 8.31. The van der Waals surface area contributed by atoms with E-state index in [0.29, 0.717) is 11.4 Å². The predicted molar refractivity (Wildman–Crippen MR) is 132 cm³/mol. The van der Waals surface area contributed by atoms with Gasteiger partial charge in [-0.1, -0.05) is 12.1 Å². The molecule has 200 valence electrons. The number of alkyl halides is 5. The molecule has 0 atom stereocenters. The third-order valence-electron chi connectivity index (χ3n) is 5.20. The van der Waals surface area contributed by atoms with Crippen LogP contribution in [0.25, 0.3) is 16.9 Å². The lowest BCUT2D eigenvalue weighted by Crippen LogP contribution is -2.30. The standard InChI is InChI=1S/C24H20F5N5O2S2/c1-33(2)12-11-30-38(35,36)22-10-9-18(37-22)8-7-17-13-21-31-19(14-20(23(25)26)34(21)32-17)15-3-5-16(6-4-15)24(27,28)29/h3-6,9-10,13-14,23,30H,11-12H2,1-2H3. The van der Waals surface area contributed by atoms with Gasteiger partial charge in [0.1, 0.15) is 15.6 Å². The Bertz CT molecular complexity index is 1620. The average Bonchev–Trinajstić information content (AvgIpc) is 3.48. The van der Waals surface area contributed by atoms with Crippen LogP contribution in [-0.4, -0.2) is 55.1 Å². The normalized spacial score (nSPS) is 12.3. The van der Waals surface area contributed by atoms with Gasteiger partial charge in [-0.2, -0.15) is 18.3 Å². The summed E-state index contributed by atoms with van der Waals surface area (Å²) in [6.45, 7) is 0.768. The minimum absolute atomic E-state index is 0.0292. The van der Waals surface area contributed by atoms with Gasteiger partial charge in [0.2, 0.25) is 10.0 Å². The van der Waals surface area contributed by atoms with Crippen LogP contribution in [0, 0.1) is 11.8 Å². The molecule has 7 nitrogen and oxygen atoms in total. The Morgan fingerprint density at radius 3 is 2.42 bits per heavy atom. The molecule has 14 heteroatoms. The summed E-state index contributed by atoms with van der Waals surface area (Å²) >= 11 is 0.947. The second kappa shape index (κ2) is 10.8. The van der Waals surface area contributed by atoms with Gasteiger partial charge in [0.25, 0.3) is 6.43 Å². The van der Waals surface area contributed by atoms with Crippen LogP contribution in [0.15, 0.2) is 52.7 Å². The molecule has 0 radical (unpaired) electrons. The number of hydrogen-bond donors (Lipinski definition) is 1. The molecule has 0 aliphatic heterocycles.